The lowest BCUT2D eigenvalue weighted by Gasteiger charge is -2.07. The van der Waals surface area contributed by atoms with Gasteiger partial charge in [-0.25, -0.2) is 4.98 Å². The van der Waals surface area contributed by atoms with Crippen LogP contribution in [0.1, 0.15) is 23.7 Å². The Kier molecular flexibility index (Phi) is 6.45. The number of hydrogen-bond donors (Lipinski definition) is 1. The largest absolute Gasteiger partial charge is 0.466 e. The number of hydrazone groups is 1. The van der Waals surface area contributed by atoms with Gasteiger partial charge in [0.25, 0.3) is 5.69 Å². The molecule has 0 aliphatic rings. The molecule has 0 fully saturated rings. The van der Waals surface area contributed by atoms with E-state index in [1.165, 1.54) is 0 Å². The minimum Gasteiger partial charge on any atom is -0.466 e. The van der Waals surface area contributed by atoms with E-state index in [1.807, 2.05) is 0 Å². The van der Waals surface area contributed by atoms with E-state index in [4.69, 9.17) is 4.74 Å². The number of nitro benzene ring substituents is 1. The molecule has 1 aromatic heterocycles. The highest BCUT2D eigenvalue weighted by atomic mass is 32.1. The molecule has 144 valence electrons. The number of carbonyl (C=O) groups excluding carboxylic acids is 1. The number of halogens is 3. The SMILES string of the molecule is CCOC(=O)Cc1csc(NN=Cc2ccc(C(F)(F)F)c([N+](=O)[O-])c2)n1. The molecule has 0 amide bonds. The molecule has 2 rings (SSSR count). The monoisotopic (exact) mass is 402 g/mol. The van der Waals surface area contributed by atoms with E-state index in [1.54, 1.807) is 12.3 Å². The van der Waals surface area contributed by atoms with Gasteiger partial charge in [-0.05, 0) is 13.0 Å². The molecule has 0 radical (unpaired) electrons. The molecule has 0 spiro atoms. The number of ether oxygens (including phenoxy) is 1. The van der Waals surface area contributed by atoms with Crippen LogP contribution in [0, 0.1) is 10.1 Å². The molecule has 0 unspecified atom stereocenters. The van der Waals surface area contributed by atoms with Crippen LogP contribution in [0.3, 0.4) is 0 Å². The van der Waals surface area contributed by atoms with Crippen molar-refractivity contribution in [2.24, 2.45) is 5.10 Å². The summed E-state index contributed by atoms with van der Waals surface area (Å²) in [5.41, 5.74) is 0.731. The number of benzene rings is 1. The first-order chi connectivity index (χ1) is 12.7. The van der Waals surface area contributed by atoms with Gasteiger partial charge >= 0.3 is 12.1 Å². The zero-order chi connectivity index (χ0) is 20.0. The average molecular weight is 402 g/mol. The number of aromatic nitrogens is 1. The molecular weight excluding hydrogens is 389 g/mol. The topological polar surface area (TPSA) is 107 Å². The van der Waals surface area contributed by atoms with Gasteiger partial charge in [-0.3, -0.25) is 20.3 Å². The van der Waals surface area contributed by atoms with Crippen molar-refractivity contribution in [3.63, 3.8) is 0 Å². The fourth-order valence-electron chi connectivity index (χ4n) is 1.98. The third-order valence-corrected chi connectivity index (χ3v) is 3.88. The maximum atomic E-state index is 12.8. The van der Waals surface area contributed by atoms with Crippen LogP contribution in [0.25, 0.3) is 0 Å². The number of nitrogens with one attached hydrogen (secondary N) is 1. The summed E-state index contributed by atoms with van der Waals surface area (Å²) in [6, 6.07) is 2.47. The van der Waals surface area contributed by atoms with Crippen LogP contribution in [0.4, 0.5) is 24.0 Å². The van der Waals surface area contributed by atoms with Crippen molar-refractivity contribution >= 4 is 34.3 Å². The Labute approximate surface area is 154 Å². The van der Waals surface area contributed by atoms with Crippen LogP contribution in [0.5, 0.6) is 0 Å². The van der Waals surface area contributed by atoms with Gasteiger partial charge in [-0.2, -0.15) is 18.3 Å². The number of nitrogens with zero attached hydrogens (tertiary/aromatic N) is 3. The number of thiazole rings is 1. The second kappa shape index (κ2) is 8.58. The maximum absolute atomic E-state index is 12.8. The van der Waals surface area contributed by atoms with E-state index in [-0.39, 0.29) is 18.6 Å². The van der Waals surface area contributed by atoms with Crippen LogP contribution < -0.4 is 5.43 Å². The molecule has 12 heteroatoms. The number of carbonyl (C=O) groups is 1. The number of esters is 1. The first-order valence-corrected chi connectivity index (χ1v) is 8.33. The Morgan fingerprint density at radius 2 is 2.22 bits per heavy atom. The van der Waals surface area contributed by atoms with E-state index in [2.05, 4.69) is 15.5 Å². The van der Waals surface area contributed by atoms with Crippen molar-refractivity contribution in [2.75, 3.05) is 12.0 Å². The normalized spacial score (nSPS) is 11.6. The number of nitro groups is 1. The predicted molar refractivity (Wildman–Crippen MR) is 91.8 cm³/mol. The van der Waals surface area contributed by atoms with Crippen LogP contribution in [-0.2, 0) is 22.1 Å². The van der Waals surface area contributed by atoms with Crippen LogP contribution in [-0.4, -0.2) is 28.7 Å². The average Bonchev–Trinajstić information content (AvgIpc) is 3.01. The summed E-state index contributed by atoms with van der Waals surface area (Å²) in [5, 5.41) is 16.6. The third kappa shape index (κ3) is 5.74. The van der Waals surface area contributed by atoms with E-state index in [0.29, 0.717) is 16.9 Å². The van der Waals surface area contributed by atoms with Crippen LogP contribution in [0.15, 0.2) is 28.7 Å². The van der Waals surface area contributed by atoms with Gasteiger partial charge in [0.2, 0.25) is 5.13 Å². The van der Waals surface area contributed by atoms with Gasteiger partial charge in [0.15, 0.2) is 0 Å². The van der Waals surface area contributed by atoms with Gasteiger partial charge in [0.1, 0.15) is 5.56 Å². The second-order valence-electron chi connectivity index (χ2n) is 5.03. The van der Waals surface area contributed by atoms with Gasteiger partial charge in [0.05, 0.1) is 29.9 Å². The predicted octanol–water partition coefficient (Wildman–Crippen LogP) is 3.62. The van der Waals surface area contributed by atoms with Crippen molar-refractivity contribution in [3.05, 3.63) is 50.5 Å². The maximum Gasteiger partial charge on any atom is 0.422 e. The highest BCUT2D eigenvalue weighted by Crippen LogP contribution is 2.36. The van der Waals surface area contributed by atoms with Crippen molar-refractivity contribution in [1.82, 2.24) is 4.98 Å². The van der Waals surface area contributed by atoms with Gasteiger partial charge < -0.3 is 4.74 Å². The number of anilines is 1. The summed E-state index contributed by atoms with van der Waals surface area (Å²) in [7, 11) is 0. The molecule has 0 atom stereocenters. The zero-order valence-electron chi connectivity index (χ0n) is 13.8. The fraction of sp³-hybridized carbons (Fsp3) is 0.267. The zero-order valence-corrected chi connectivity index (χ0v) is 14.6. The van der Waals surface area contributed by atoms with Gasteiger partial charge in [0, 0.05) is 17.0 Å². The van der Waals surface area contributed by atoms with Crippen molar-refractivity contribution in [1.29, 1.82) is 0 Å². The van der Waals surface area contributed by atoms with E-state index >= 15 is 0 Å². The lowest BCUT2D eigenvalue weighted by molar-refractivity contribution is -0.388. The smallest absolute Gasteiger partial charge is 0.422 e. The van der Waals surface area contributed by atoms with Crippen molar-refractivity contribution in [2.45, 2.75) is 19.5 Å². The number of alkyl halides is 3. The summed E-state index contributed by atoms with van der Waals surface area (Å²) in [6.07, 6.45) is -3.70. The lowest BCUT2D eigenvalue weighted by Crippen LogP contribution is -2.09. The molecule has 1 aromatic carbocycles. The first-order valence-electron chi connectivity index (χ1n) is 7.45. The molecule has 8 nitrogen and oxygen atoms in total. The van der Waals surface area contributed by atoms with Crippen LogP contribution >= 0.6 is 11.3 Å². The van der Waals surface area contributed by atoms with Crippen molar-refractivity contribution in [3.8, 4) is 0 Å². The minimum absolute atomic E-state index is 0.000827. The Morgan fingerprint density at radius 1 is 1.48 bits per heavy atom. The highest BCUT2D eigenvalue weighted by molar-refractivity contribution is 7.13. The summed E-state index contributed by atoms with van der Waals surface area (Å²) < 4.78 is 43.1. The van der Waals surface area contributed by atoms with E-state index in [0.717, 1.165) is 29.7 Å². The fourth-order valence-corrected chi connectivity index (χ4v) is 2.64. The highest BCUT2D eigenvalue weighted by Gasteiger charge is 2.38. The Balaban J connectivity index is 2.06. The molecular formula is C15H13F3N4O4S. The van der Waals surface area contributed by atoms with Gasteiger partial charge in [-0.1, -0.05) is 6.07 Å². The summed E-state index contributed by atoms with van der Waals surface area (Å²) in [5.74, 6) is -0.421. The number of hydrogen-bond acceptors (Lipinski definition) is 8. The summed E-state index contributed by atoms with van der Waals surface area (Å²) in [4.78, 5) is 25.2. The van der Waals surface area contributed by atoms with E-state index in [9.17, 15) is 28.1 Å². The molecule has 0 saturated carbocycles. The molecule has 0 aliphatic heterocycles. The molecule has 0 saturated heterocycles. The molecule has 0 aliphatic carbocycles. The lowest BCUT2D eigenvalue weighted by atomic mass is 10.1. The quantitative estimate of drug-likeness (QED) is 0.328. The summed E-state index contributed by atoms with van der Waals surface area (Å²) in [6.45, 7) is 1.95. The molecule has 0 bridgehead atoms. The Bertz CT molecular complexity index is 867. The van der Waals surface area contributed by atoms with Crippen LogP contribution in [0.2, 0.25) is 0 Å². The van der Waals surface area contributed by atoms with E-state index < -0.39 is 28.3 Å². The Hall–Kier alpha value is -3.02. The molecule has 2 aromatic rings. The standard InChI is InChI=1S/C15H13F3N4O4S/c1-2-26-13(23)6-10-8-27-14(20-10)21-19-7-9-3-4-11(15(16,17)18)12(5-9)22(24)25/h3-5,7-8H,2,6H2,1H3,(H,20,21). The van der Waals surface area contributed by atoms with Gasteiger partial charge in [-0.15, -0.1) is 11.3 Å². The minimum atomic E-state index is -4.83. The Morgan fingerprint density at radius 3 is 2.85 bits per heavy atom. The number of rotatable bonds is 7. The molecule has 1 N–H and O–H groups in total. The van der Waals surface area contributed by atoms with Crippen molar-refractivity contribution < 1.29 is 27.6 Å². The second-order valence-corrected chi connectivity index (χ2v) is 5.89. The summed E-state index contributed by atoms with van der Waals surface area (Å²) >= 11 is 1.16. The third-order valence-electron chi connectivity index (χ3n) is 3.08. The first kappa shape index (κ1) is 20.3. The molecule has 1 heterocycles. The molecule has 27 heavy (non-hydrogen) atoms.